The number of pyridine rings is 1. The summed E-state index contributed by atoms with van der Waals surface area (Å²) in [7, 11) is 0. The molecule has 204 valence electrons. The molecule has 0 spiro atoms. The minimum absolute atomic E-state index is 0.00478. The normalized spacial score (nSPS) is 22.2. The summed E-state index contributed by atoms with van der Waals surface area (Å²) in [5, 5.41) is 3.02. The van der Waals surface area contributed by atoms with E-state index in [-0.39, 0.29) is 52.8 Å². The fourth-order valence-electron chi connectivity index (χ4n) is 4.83. The summed E-state index contributed by atoms with van der Waals surface area (Å²) in [5.74, 6) is -0.165. The first-order valence-electron chi connectivity index (χ1n) is 11.7. The quantitative estimate of drug-likeness (QED) is 0.409. The first-order valence-corrected chi connectivity index (χ1v) is 12.5. The highest BCUT2D eigenvalue weighted by Gasteiger charge is 2.46. The SMILES string of the molecule is Nc1c(C(=O)N[C@H]2COc3cc(N4CC(N)CC[C@H]4C(F)(F)F)ccc3C2)sc2nc(C(F)(F)F)ccc12. The molecule has 1 fully saturated rings. The van der Waals surface area contributed by atoms with Gasteiger partial charge in [-0.15, -0.1) is 11.3 Å². The largest absolute Gasteiger partial charge is 0.491 e. The first-order chi connectivity index (χ1) is 17.8. The number of halogens is 6. The Labute approximate surface area is 216 Å². The van der Waals surface area contributed by atoms with Crippen molar-refractivity contribution in [2.75, 3.05) is 23.8 Å². The number of nitrogens with zero attached hydrogens (tertiary/aromatic N) is 2. The van der Waals surface area contributed by atoms with Crippen LogP contribution in [-0.4, -0.2) is 48.3 Å². The number of hydrogen-bond donors (Lipinski definition) is 3. The molecule has 2 aliphatic heterocycles. The molecule has 0 radical (unpaired) electrons. The molecule has 1 unspecified atom stereocenters. The van der Waals surface area contributed by atoms with Crippen LogP contribution in [0.2, 0.25) is 0 Å². The van der Waals surface area contributed by atoms with Crippen LogP contribution in [0.25, 0.3) is 10.2 Å². The van der Waals surface area contributed by atoms with Crippen molar-refractivity contribution in [1.82, 2.24) is 10.3 Å². The van der Waals surface area contributed by atoms with Gasteiger partial charge < -0.3 is 26.4 Å². The molecule has 5 rings (SSSR count). The van der Waals surface area contributed by atoms with Crippen LogP contribution in [0.1, 0.15) is 33.8 Å². The minimum atomic E-state index is -4.63. The molecule has 5 N–H and O–H groups in total. The lowest BCUT2D eigenvalue weighted by Crippen LogP contribution is -2.54. The van der Waals surface area contributed by atoms with Crippen molar-refractivity contribution in [2.45, 2.75) is 49.7 Å². The van der Waals surface area contributed by atoms with Crippen LogP contribution >= 0.6 is 11.3 Å². The standard InChI is InChI=1S/C24H23F6N5O2S/c25-23(26,27)17-5-4-15-19(32)20(38-22(15)34-17)21(36)33-13-7-11-1-3-14(8-16(11)37-10-13)35-9-12(31)2-6-18(35)24(28,29)30/h1,3-5,8,12-13,18H,2,6-7,9-10,31-32H2,(H,33,36)/t12?,13-,18+/m1/s1. The maximum atomic E-state index is 13.6. The van der Waals surface area contributed by atoms with Crippen LogP contribution < -0.4 is 26.4 Å². The third-order valence-corrected chi connectivity index (χ3v) is 7.82. The molecule has 3 atom stereocenters. The van der Waals surface area contributed by atoms with Crippen molar-refractivity contribution < 1.29 is 35.9 Å². The van der Waals surface area contributed by atoms with Crippen molar-refractivity contribution in [3.8, 4) is 5.75 Å². The Morgan fingerprint density at radius 2 is 1.89 bits per heavy atom. The summed E-state index contributed by atoms with van der Waals surface area (Å²) in [6.45, 7) is 0.114. The Morgan fingerprint density at radius 3 is 2.61 bits per heavy atom. The van der Waals surface area contributed by atoms with E-state index in [1.165, 1.54) is 11.0 Å². The molecule has 2 aliphatic rings. The van der Waals surface area contributed by atoms with Gasteiger partial charge in [-0.1, -0.05) is 6.07 Å². The zero-order valence-electron chi connectivity index (χ0n) is 19.7. The molecule has 0 saturated carbocycles. The number of alkyl halides is 6. The molecule has 0 aliphatic carbocycles. The van der Waals surface area contributed by atoms with E-state index in [2.05, 4.69) is 10.3 Å². The smallest absolute Gasteiger partial charge is 0.433 e. The lowest BCUT2D eigenvalue weighted by Gasteiger charge is -2.41. The van der Waals surface area contributed by atoms with Gasteiger partial charge in [0.1, 0.15) is 33.8 Å². The van der Waals surface area contributed by atoms with E-state index in [0.717, 1.165) is 17.4 Å². The van der Waals surface area contributed by atoms with Crippen LogP contribution in [0.4, 0.5) is 37.7 Å². The van der Waals surface area contributed by atoms with E-state index in [4.69, 9.17) is 16.2 Å². The molecule has 3 aromatic rings. The van der Waals surface area contributed by atoms with Crippen molar-refractivity contribution in [3.63, 3.8) is 0 Å². The third-order valence-electron chi connectivity index (χ3n) is 6.71. The van der Waals surface area contributed by atoms with Gasteiger partial charge in [-0.2, -0.15) is 26.3 Å². The van der Waals surface area contributed by atoms with E-state index in [0.29, 0.717) is 23.4 Å². The molecule has 14 heteroatoms. The van der Waals surface area contributed by atoms with Crippen LogP contribution in [-0.2, 0) is 12.6 Å². The Kier molecular flexibility index (Phi) is 6.58. The van der Waals surface area contributed by atoms with Gasteiger partial charge in [-0.05, 0) is 43.0 Å². The Bertz CT molecular complexity index is 1370. The summed E-state index contributed by atoms with van der Waals surface area (Å²) >= 11 is 0.760. The topological polar surface area (TPSA) is 106 Å². The number of aromatic nitrogens is 1. The van der Waals surface area contributed by atoms with Crippen LogP contribution in [0.3, 0.4) is 0 Å². The lowest BCUT2D eigenvalue weighted by molar-refractivity contribution is -0.153. The number of thiophene rings is 1. The number of rotatable bonds is 3. The highest BCUT2D eigenvalue weighted by atomic mass is 32.1. The molecule has 7 nitrogen and oxygen atoms in total. The second-order valence-electron chi connectivity index (χ2n) is 9.42. The minimum Gasteiger partial charge on any atom is -0.491 e. The van der Waals surface area contributed by atoms with Crippen molar-refractivity contribution in [3.05, 3.63) is 46.5 Å². The van der Waals surface area contributed by atoms with Gasteiger partial charge in [0.2, 0.25) is 0 Å². The summed E-state index contributed by atoms with van der Waals surface area (Å²) in [6.07, 6.45) is -8.50. The highest BCUT2D eigenvalue weighted by molar-refractivity contribution is 7.21. The number of benzene rings is 1. The maximum absolute atomic E-state index is 13.6. The second kappa shape index (κ2) is 9.49. The van der Waals surface area contributed by atoms with Gasteiger partial charge in [0.25, 0.3) is 5.91 Å². The van der Waals surface area contributed by atoms with Crippen LogP contribution in [0.15, 0.2) is 30.3 Å². The monoisotopic (exact) mass is 559 g/mol. The Morgan fingerprint density at radius 1 is 1.13 bits per heavy atom. The molecule has 1 saturated heterocycles. The zero-order chi connectivity index (χ0) is 27.4. The second-order valence-corrected chi connectivity index (χ2v) is 10.4. The predicted octanol–water partition coefficient (Wildman–Crippen LogP) is 4.49. The number of fused-ring (bicyclic) bond motifs is 2. The number of nitrogens with two attached hydrogens (primary N) is 2. The molecular formula is C24H23F6N5O2S. The molecule has 1 amide bonds. The van der Waals surface area contributed by atoms with Crippen molar-refractivity contribution >= 4 is 38.8 Å². The van der Waals surface area contributed by atoms with E-state index in [9.17, 15) is 31.1 Å². The molecule has 0 bridgehead atoms. The van der Waals surface area contributed by atoms with Gasteiger partial charge >= 0.3 is 12.4 Å². The Balaban J connectivity index is 1.31. The predicted molar refractivity (Wildman–Crippen MR) is 130 cm³/mol. The van der Waals surface area contributed by atoms with Crippen molar-refractivity contribution in [1.29, 1.82) is 0 Å². The average molecular weight is 560 g/mol. The zero-order valence-corrected chi connectivity index (χ0v) is 20.5. The van der Waals surface area contributed by atoms with E-state index < -0.39 is 36.0 Å². The summed E-state index contributed by atoms with van der Waals surface area (Å²) in [5.41, 5.74) is 12.0. The first kappa shape index (κ1) is 26.4. The fourth-order valence-corrected chi connectivity index (χ4v) is 5.83. The van der Waals surface area contributed by atoms with Gasteiger partial charge in [0.05, 0.1) is 11.7 Å². The maximum Gasteiger partial charge on any atom is 0.433 e. The molecular weight excluding hydrogens is 536 g/mol. The number of carbonyl (C=O) groups excluding carboxylic acids is 1. The molecule has 2 aromatic heterocycles. The molecule has 4 heterocycles. The van der Waals surface area contributed by atoms with Gasteiger partial charge in [0.15, 0.2) is 0 Å². The summed E-state index contributed by atoms with van der Waals surface area (Å²) in [4.78, 5) is 17.8. The number of amides is 1. The van der Waals surface area contributed by atoms with E-state index in [1.54, 1.807) is 18.2 Å². The van der Waals surface area contributed by atoms with E-state index >= 15 is 0 Å². The molecule has 1 aromatic carbocycles. The number of piperidine rings is 1. The number of hydrogen-bond acceptors (Lipinski definition) is 7. The average Bonchev–Trinajstić information content (AvgIpc) is 3.18. The lowest BCUT2D eigenvalue weighted by atomic mass is 9.96. The van der Waals surface area contributed by atoms with Gasteiger partial charge in [0, 0.05) is 29.7 Å². The Hall–Kier alpha value is -3.26. The third kappa shape index (κ3) is 5.06. The number of carbonyl (C=O) groups is 1. The number of nitrogen functional groups attached to an aromatic ring is 1. The van der Waals surface area contributed by atoms with Crippen LogP contribution in [0, 0.1) is 0 Å². The van der Waals surface area contributed by atoms with Gasteiger partial charge in [-0.25, -0.2) is 4.98 Å². The van der Waals surface area contributed by atoms with Crippen LogP contribution in [0.5, 0.6) is 5.75 Å². The summed E-state index contributed by atoms with van der Waals surface area (Å²) in [6, 6.07) is 4.29. The highest BCUT2D eigenvalue weighted by Crippen LogP contribution is 2.39. The van der Waals surface area contributed by atoms with Crippen molar-refractivity contribution in [2.24, 2.45) is 5.73 Å². The number of anilines is 2. The number of nitrogens with one attached hydrogen (secondary N) is 1. The molecule has 38 heavy (non-hydrogen) atoms. The summed E-state index contributed by atoms with van der Waals surface area (Å²) < 4.78 is 85.6. The number of ether oxygens (including phenoxy) is 1. The van der Waals surface area contributed by atoms with Gasteiger partial charge in [-0.3, -0.25) is 4.79 Å². The van der Waals surface area contributed by atoms with E-state index in [1.807, 2.05) is 0 Å². The fraction of sp³-hybridized carbons (Fsp3) is 0.417.